The SMILES string of the molecule is N=CC(=O)c1ccc2oc([N+](=O)[O-])c(-c3ccccc3)c2c1. The Hall–Kier alpha value is -3.28. The van der Waals surface area contributed by atoms with Gasteiger partial charge >= 0.3 is 5.88 Å². The Balaban J connectivity index is 2.35. The number of hydrogen-bond donors (Lipinski definition) is 1. The molecule has 22 heavy (non-hydrogen) atoms. The smallest absolute Gasteiger partial charge is 0.400 e. The summed E-state index contributed by atoms with van der Waals surface area (Å²) >= 11 is 0. The second-order valence-electron chi connectivity index (χ2n) is 4.62. The maximum atomic E-state index is 11.6. The number of carbonyl (C=O) groups is 1. The van der Waals surface area contributed by atoms with Gasteiger partial charge in [0.2, 0.25) is 5.78 Å². The van der Waals surface area contributed by atoms with Crippen LogP contribution in [-0.2, 0) is 0 Å². The molecule has 1 aromatic heterocycles. The Morgan fingerprint density at radius 2 is 1.91 bits per heavy atom. The summed E-state index contributed by atoms with van der Waals surface area (Å²) in [7, 11) is 0. The Kier molecular flexibility index (Phi) is 3.27. The number of nitrogens with one attached hydrogen (secondary N) is 1. The van der Waals surface area contributed by atoms with E-state index in [9.17, 15) is 14.9 Å². The van der Waals surface area contributed by atoms with Crippen molar-refractivity contribution in [3.05, 3.63) is 64.2 Å². The third-order valence-corrected chi connectivity index (χ3v) is 3.31. The van der Waals surface area contributed by atoms with Crippen LogP contribution in [0.3, 0.4) is 0 Å². The first-order chi connectivity index (χ1) is 10.6. The summed E-state index contributed by atoms with van der Waals surface area (Å²) in [4.78, 5) is 22.3. The van der Waals surface area contributed by atoms with E-state index in [-0.39, 0.29) is 11.4 Å². The van der Waals surface area contributed by atoms with Gasteiger partial charge in [0.25, 0.3) is 0 Å². The molecule has 0 spiro atoms. The first kappa shape index (κ1) is 13.7. The molecule has 108 valence electrons. The molecule has 0 aliphatic carbocycles. The van der Waals surface area contributed by atoms with Gasteiger partial charge in [-0.25, -0.2) is 0 Å². The minimum absolute atomic E-state index is 0.287. The van der Waals surface area contributed by atoms with Gasteiger partial charge in [0.15, 0.2) is 0 Å². The maximum Gasteiger partial charge on any atom is 0.442 e. The molecule has 6 nitrogen and oxygen atoms in total. The highest BCUT2D eigenvalue weighted by Crippen LogP contribution is 2.39. The van der Waals surface area contributed by atoms with Crippen molar-refractivity contribution in [1.29, 1.82) is 5.41 Å². The van der Waals surface area contributed by atoms with Crippen molar-refractivity contribution >= 4 is 28.9 Å². The Bertz CT molecular complexity index is 897. The zero-order valence-electron chi connectivity index (χ0n) is 11.3. The first-order valence-electron chi connectivity index (χ1n) is 6.43. The number of fused-ring (bicyclic) bond motifs is 1. The van der Waals surface area contributed by atoms with E-state index in [1.807, 2.05) is 6.07 Å². The minimum atomic E-state index is -0.583. The Morgan fingerprint density at radius 1 is 1.18 bits per heavy atom. The second kappa shape index (κ2) is 5.25. The zero-order chi connectivity index (χ0) is 15.7. The summed E-state index contributed by atoms with van der Waals surface area (Å²) < 4.78 is 5.32. The molecule has 0 saturated carbocycles. The zero-order valence-corrected chi connectivity index (χ0v) is 11.3. The molecule has 0 unspecified atom stereocenters. The van der Waals surface area contributed by atoms with E-state index in [1.165, 1.54) is 18.2 Å². The predicted octanol–water partition coefficient (Wildman–Crippen LogP) is 3.84. The highest BCUT2D eigenvalue weighted by molar-refractivity contribution is 6.34. The van der Waals surface area contributed by atoms with Gasteiger partial charge < -0.3 is 9.83 Å². The van der Waals surface area contributed by atoms with Gasteiger partial charge in [-0.3, -0.25) is 14.9 Å². The van der Waals surface area contributed by atoms with Gasteiger partial charge in [-0.15, -0.1) is 0 Å². The van der Waals surface area contributed by atoms with E-state index in [1.54, 1.807) is 24.3 Å². The largest absolute Gasteiger partial charge is 0.442 e. The van der Waals surface area contributed by atoms with E-state index < -0.39 is 10.7 Å². The van der Waals surface area contributed by atoms with Crippen LogP contribution in [0.5, 0.6) is 0 Å². The molecule has 0 aliphatic heterocycles. The highest BCUT2D eigenvalue weighted by atomic mass is 16.6. The van der Waals surface area contributed by atoms with Crippen molar-refractivity contribution < 1.29 is 14.1 Å². The van der Waals surface area contributed by atoms with Crippen LogP contribution in [-0.4, -0.2) is 16.9 Å². The summed E-state index contributed by atoms with van der Waals surface area (Å²) in [5.74, 6) is -0.828. The molecule has 0 aliphatic rings. The number of Topliss-reactive ketones (excluding diaryl/α,β-unsaturated/α-hetero) is 1. The minimum Gasteiger partial charge on any atom is -0.400 e. The number of nitrogens with zero attached hydrogens (tertiary/aromatic N) is 1. The van der Waals surface area contributed by atoms with Gasteiger partial charge in [-0.1, -0.05) is 30.3 Å². The molecule has 2 aromatic carbocycles. The molecular formula is C16H10N2O4. The molecule has 0 bridgehead atoms. The molecule has 0 amide bonds. The summed E-state index contributed by atoms with van der Waals surface area (Å²) in [6, 6.07) is 13.3. The molecule has 6 heteroatoms. The fraction of sp³-hybridized carbons (Fsp3) is 0. The van der Waals surface area contributed by atoms with E-state index in [0.29, 0.717) is 28.3 Å². The van der Waals surface area contributed by atoms with E-state index in [4.69, 9.17) is 9.83 Å². The van der Waals surface area contributed by atoms with Crippen molar-refractivity contribution in [2.24, 2.45) is 0 Å². The van der Waals surface area contributed by atoms with Crippen molar-refractivity contribution in [1.82, 2.24) is 0 Å². The molecule has 0 atom stereocenters. The lowest BCUT2D eigenvalue weighted by atomic mass is 10.0. The Labute approximate surface area is 124 Å². The number of rotatable bonds is 4. The van der Waals surface area contributed by atoms with Gasteiger partial charge in [-0.05, 0) is 23.8 Å². The second-order valence-corrected chi connectivity index (χ2v) is 4.62. The summed E-state index contributed by atoms with van der Waals surface area (Å²) in [5.41, 5.74) is 1.58. The normalized spacial score (nSPS) is 10.5. The predicted molar refractivity (Wildman–Crippen MR) is 81.4 cm³/mol. The lowest BCUT2D eigenvalue weighted by molar-refractivity contribution is -0.400. The van der Waals surface area contributed by atoms with Gasteiger partial charge in [-0.2, -0.15) is 0 Å². The van der Waals surface area contributed by atoms with Crippen LogP contribution in [0.2, 0.25) is 0 Å². The van der Waals surface area contributed by atoms with Crippen LogP contribution in [0.4, 0.5) is 5.88 Å². The quantitative estimate of drug-likeness (QED) is 0.342. The summed E-state index contributed by atoms with van der Waals surface area (Å²) in [5, 5.41) is 18.8. The lowest BCUT2D eigenvalue weighted by Gasteiger charge is -1.99. The van der Waals surface area contributed by atoms with Crippen LogP contribution >= 0.6 is 0 Å². The number of benzene rings is 2. The van der Waals surface area contributed by atoms with Crippen molar-refractivity contribution in [3.63, 3.8) is 0 Å². The van der Waals surface area contributed by atoms with Crippen LogP contribution in [0.1, 0.15) is 10.4 Å². The fourth-order valence-corrected chi connectivity index (χ4v) is 2.33. The van der Waals surface area contributed by atoms with Crippen LogP contribution in [0.25, 0.3) is 22.1 Å². The topological polar surface area (TPSA) is 97.2 Å². The number of hydrogen-bond acceptors (Lipinski definition) is 5. The van der Waals surface area contributed by atoms with Crippen LogP contribution < -0.4 is 0 Å². The van der Waals surface area contributed by atoms with Crippen LogP contribution in [0, 0.1) is 15.5 Å². The van der Waals surface area contributed by atoms with Gasteiger partial charge in [0.1, 0.15) is 16.1 Å². The molecule has 1 heterocycles. The van der Waals surface area contributed by atoms with Crippen molar-refractivity contribution in [2.75, 3.05) is 0 Å². The number of carbonyl (C=O) groups excluding carboxylic acids is 1. The molecule has 3 rings (SSSR count). The fourth-order valence-electron chi connectivity index (χ4n) is 2.33. The van der Waals surface area contributed by atoms with E-state index in [0.717, 1.165) is 0 Å². The van der Waals surface area contributed by atoms with E-state index >= 15 is 0 Å². The molecular weight excluding hydrogens is 284 g/mol. The summed E-state index contributed by atoms with van der Waals surface area (Å²) in [6.45, 7) is 0. The first-order valence-corrected chi connectivity index (χ1v) is 6.43. The molecule has 0 fully saturated rings. The third-order valence-electron chi connectivity index (χ3n) is 3.31. The van der Waals surface area contributed by atoms with Crippen LogP contribution in [0.15, 0.2) is 52.9 Å². The molecule has 1 N–H and O–H groups in total. The third kappa shape index (κ3) is 2.16. The summed E-state index contributed by atoms with van der Waals surface area (Å²) in [6.07, 6.45) is 0.706. The molecule has 0 radical (unpaired) electrons. The highest BCUT2D eigenvalue weighted by Gasteiger charge is 2.25. The van der Waals surface area contributed by atoms with Crippen molar-refractivity contribution in [2.45, 2.75) is 0 Å². The average Bonchev–Trinajstić information content (AvgIpc) is 2.93. The number of ketones is 1. The monoisotopic (exact) mass is 294 g/mol. The maximum absolute atomic E-state index is 11.6. The van der Waals surface area contributed by atoms with Crippen molar-refractivity contribution in [3.8, 4) is 11.1 Å². The Morgan fingerprint density at radius 3 is 2.55 bits per heavy atom. The molecule has 3 aromatic rings. The molecule has 0 saturated heterocycles. The van der Waals surface area contributed by atoms with E-state index in [2.05, 4.69) is 0 Å². The van der Waals surface area contributed by atoms with Gasteiger partial charge in [0.05, 0.1) is 6.21 Å². The number of nitro groups is 1. The standard InChI is InChI=1S/C16H10N2O4/c17-9-13(19)11-6-7-14-12(8-11)15(16(22-14)18(20)21)10-4-2-1-3-5-10/h1-9,17H. The lowest BCUT2D eigenvalue weighted by Crippen LogP contribution is -1.98. The van der Waals surface area contributed by atoms with Gasteiger partial charge in [0, 0.05) is 10.9 Å². The average molecular weight is 294 g/mol. The number of furan rings is 1.